The minimum Gasteiger partial charge on any atom is -0.457 e. The zero-order valence-corrected chi connectivity index (χ0v) is 12.4. The molecule has 0 amide bonds. The summed E-state index contributed by atoms with van der Waals surface area (Å²) in [7, 11) is 0. The van der Waals surface area contributed by atoms with E-state index < -0.39 is 0 Å². The van der Waals surface area contributed by atoms with E-state index in [0.717, 1.165) is 12.8 Å². The van der Waals surface area contributed by atoms with E-state index in [0.29, 0.717) is 16.6 Å². The van der Waals surface area contributed by atoms with E-state index in [9.17, 15) is 4.79 Å². The maximum Gasteiger partial charge on any atom is 0.355 e. The van der Waals surface area contributed by atoms with Crippen molar-refractivity contribution < 1.29 is 9.53 Å². The summed E-state index contributed by atoms with van der Waals surface area (Å²) in [6, 6.07) is 1.62. The SMILES string of the molecule is CC1(C)C2CCC1(C)C(OC(=O)c1cc(Cl)c[nH]1)C2. The van der Waals surface area contributed by atoms with Crippen molar-refractivity contribution in [1.82, 2.24) is 4.98 Å². The lowest BCUT2D eigenvalue weighted by Crippen LogP contribution is -2.38. The Hall–Kier alpha value is -0.960. The molecule has 104 valence electrons. The van der Waals surface area contributed by atoms with Crippen molar-refractivity contribution in [1.29, 1.82) is 0 Å². The number of nitrogens with one attached hydrogen (secondary N) is 1. The summed E-state index contributed by atoms with van der Waals surface area (Å²) >= 11 is 5.82. The first-order valence-corrected chi connectivity index (χ1v) is 7.27. The van der Waals surface area contributed by atoms with Gasteiger partial charge in [0.1, 0.15) is 11.8 Å². The predicted molar refractivity (Wildman–Crippen MR) is 74.2 cm³/mol. The molecule has 0 aliphatic heterocycles. The van der Waals surface area contributed by atoms with E-state index >= 15 is 0 Å². The molecular weight excluding hydrogens is 262 g/mol. The molecule has 2 fully saturated rings. The first kappa shape index (κ1) is 13.0. The molecule has 1 heterocycles. The van der Waals surface area contributed by atoms with Crippen molar-refractivity contribution in [2.24, 2.45) is 16.7 Å². The summed E-state index contributed by atoms with van der Waals surface area (Å²) in [5.74, 6) is 0.379. The summed E-state index contributed by atoms with van der Waals surface area (Å²) in [5, 5.41) is 0.534. The van der Waals surface area contributed by atoms with Gasteiger partial charge >= 0.3 is 5.97 Å². The quantitative estimate of drug-likeness (QED) is 0.831. The lowest BCUT2D eigenvalue weighted by atomic mass is 9.70. The van der Waals surface area contributed by atoms with Gasteiger partial charge in [-0.25, -0.2) is 4.79 Å². The van der Waals surface area contributed by atoms with Crippen LogP contribution in [-0.4, -0.2) is 17.1 Å². The normalized spacial score (nSPS) is 35.6. The number of aromatic nitrogens is 1. The smallest absolute Gasteiger partial charge is 0.355 e. The van der Waals surface area contributed by atoms with Crippen molar-refractivity contribution >= 4 is 17.6 Å². The maximum atomic E-state index is 12.1. The largest absolute Gasteiger partial charge is 0.457 e. The van der Waals surface area contributed by atoms with E-state index in [-0.39, 0.29) is 22.9 Å². The van der Waals surface area contributed by atoms with Gasteiger partial charge in [-0.3, -0.25) is 0 Å². The average molecular weight is 282 g/mol. The third-order valence-electron chi connectivity index (χ3n) is 5.83. The molecule has 3 atom stereocenters. The minimum absolute atomic E-state index is 0.0239. The number of esters is 1. The molecule has 1 aromatic heterocycles. The molecule has 2 saturated carbocycles. The Morgan fingerprint density at radius 3 is 2.68 bits per heavy atom. The third-order valence-corrected chi connectivity index (χ3v) is 6.05. The first-order chi connectivity index (χ1) is 8.84. The standard InChI is InChI=1S/C15H20ClNO2/c1-14(2)9-4-5-15(14,3)12(6-9)19-13(18)11-7-10(16)8-17-11/h7-9,12,17H,4-6H2,1-3H3. The van der Waals surface area contributed by atoms with Crippen LogP contribution >= 0.6 is 11.6 Å². The average Bonchev–Trinajstić information content (AvgIpc) is 2.91. The number of carbonyl (C=O) groups is 1. The van der Waals surface area contributed by atoms with Gasteiger partial charge < -0.3 is 9.72 Å². The Morgan fingerprint density at radius 2 is 2.21 bits per heavy atom. The van der Waals surface area contributed by atoms with Crippen molar-refractivity contribution in [3.63, 3.8) is 0 Å². The van der Waals surface area contributed by atoms with Gasteiger partial charge in [-0.1, -0.05) is 32.4 Å². The topological polar surface area (TPSA) is 42.1 Å². The number of aromatic amines is 1. The number of hydrogen-bond acceptors (Lipinski definition) is 2. The van der Waals surface area contributed by atoms with Crippen LogP contribution in [-0.2, 0) is 4.74 Å². The number of halogens is 1. The number of H-pyrrole nitrogens is 1. The molecule has 2 aliphatic rings. The summed E-state index contributed by atoms with van der Waals surface area (Å²) < 4.78 is 5.75. The molecule has 0 aromatic carbocycles. The van der Waals surface area contributed by atoms with Crippen LogP contribution in [0.2, 0.25) is 5.02 Å². The number of carbonyl (C=O) groups excluding carboxylic acids is 1. The molecule has 1 N–H and O–H groups in total. The molecule has 4 heteroatoms. The highest BCUT2D eigenvalue weighted by molar-refractivity contribution is 6.30. The van der Waals surface area contributed by atoms with Crippen LogP contribution < -0.4 is 0 Å². The molecule has 2 bridgehead atoms. The Kier molecular flexibility index (Phi) is 2.76. The molecule has 19 heavy (non-hydrogen) atoms. The Bertz CT molecular complexity index is 522. The van der Waals surface area contributed by atoms with Crippen LogP contribution in [0, 0.1) is 16.7 Å². The van der Waals surface area contributed by atoms with Crippen LogP contribution in [0.5, 0.6) is 0 Å². The molecular formula is C15H20ClNO2. The molecule has 3 rings (SSSR count). The molecule has 0 saturated heterocycles. The van der Waals surface area contributed by atoms with Gasteiger partial charge in [0, 0.05) is 11.6 Å². The Labute approximate surface area is 118 Å². The lowest BCUT2D eigenvalue weighted by Gasteiger charge is -2.38. The van der Waals surface area contributed by atoms with E-state index in [4.69, 9.17) is 16.3 Å². The molecule has 3 unspecified atom stereocenters. The van der Waals surface area contributed by atoms with Gasteiger partial charge in [0.25, 0.3) is 0 Å². The van der Waals surface area contributed by atoms with Crippen LogP contribution in [0.15, 0.2) is 12.3 Å². The van der Waals surface area contributed by atoms with Crippen LogP contribution in [0.3, 0.4) is 0 Å². The van der Waals surface area contributed by atoms with Gasteiger partial charge in [0.2, 0.25) is 0 Å². The molecule has 0 radical (unpaired) electrons. The fraction of sp³-hybridized carbons (Fsp3) is 0.667. The summed E-state index contributed by atoms with van der Waals surface area (Å²) in [6.07, 6.45) is 5.02. The zero-order valence-electron chi connectivity index (χ0n) is 11.6. The molecule has 1 aromatic rings. The fourth-order valence-electron chi connectivity index (χ4n) is 3.99. The zero-order chi connectivity index (χ0) is 13.8. The number of ether oxygens (including phenoxy) is 1. The summed E-state index contributed by atoms with van der Waals surface area (Å²) in [4.78, 5) is 15.0. The fourth-order valence-corrected chi connectivity index (χ4v) is 4.15. The van der Waals surface area contributed by atoms with Crippen molar-refractivity contribution in [2.45, 2.75) is 46.1 Å². The van der Waals surface area contributed by atoms with Gasteiger partial charge in [0.15, 0.2) is 0 Å². The number of rotatable bonds is 2. The van der Waals surface area contributed by atoms with Crippen LogP contribution in [0.4, 0.5) is 0 Å². The third kappa shape index (κ3) is 1.74. The molecule has 2 aliphatic carbocycles. The second kappa shape index (κ2) is 4.02. The molecule has 0 spiro atoms. The van der Waals surface area contributed by atoms with E-state index in [1.54, 1.807) is 12.3 Å². The van der Waals surface area contributed by atoms with Crippen molar-refractivity contribution in [2.75, 3.05) is 0 Å². The van der Waals surface area contributed by atoms with Gasteiger partial charge in [-0.15, -0.1) is 0 Å². The summed E-state index contributed by atoms with van der Waals surface area (Å²) in [6.45, 7) is 6.88. The highest BCUT2D eigenvalue weighted by Crippen LogP contribution is 2.66. The second-order valence-electron chi connectivity index (χ2n) is 6.74. The highest BCUT2D eigenvalue weighted by Gasteiger charge is 2.62. The van der Waals surface area contributed by atoms with E-state index in [2.05, 4.69) is 25.8 Å². The van der Waals surface area contributed by atoms with Gasteiger partial charge in [-0.2, -0.15) is 0 Å². The monoisotopic (exact) mass is 281 g/mol. The van der Waals surface area contributed by atoms with Crippen LogP contribution in [0.1, 0.15) is 50.5 Å². The molecule has 3 nitrogen and oxygen atoms in total. The van der Waals surface area contributed by atoms with Gasteiger partial charge in [0.05, 0.1) is 5.02 Å². The Balaban J connectivity index is 1.77. The Morgan fingerprint density at radius 1 is 1.47 bits per heavy atom. The maximum absolute atomic E-state index is 12.1. The highest BCUT2D eigenvalue weighted by atomic mass is 35.5. The van der Waals surface area contributed by atoms with Gasteiger partial charge in [-0.05, 0) is 36.7 Å². The van der Waals surface area contributed by atoms with Crippen molar-refractivity contribution in [3.05, 3.63) is 23.0 Å². The first-order valence-electron chi connectivity index (χ1n) is 6.89. The summed E-state index contributed by atoms with van der Waals surface area (Å²) in [5.41, 5.74) is 0.795. The van der Waals surface area contributed by atoms with Crippen LogP contribution in [0.25, 0.3) is 0 Å². The lowest BCUT2D eigenvalue weighted by molar-refractivity contribution is -0.0246. The minimum atomic E-state index is -0.290. The number of fused-ring (bicyclic) bond motifs is 2. The number of hydrogen-bond donors (Lipinski definition) is 1. The second-order valence-corrected chi connectivity index (χ2v) is 7.17. The van der Waals surface area contributed by atoms with Crippen molar-refractivity contribution in [3.8, 4) is 0 Å². The van der Waals surface area contributed by atoms with E-state index in [1.807, 2.05) is 0 Å². The van der Waals surface area contributed by atoms with E-state index in [1.165, 1.54) is 6.42 Å². The predicted octanol–water partition coefficient (Wildman–Crippen LogP) is 4.04.